The number of amides is 1. The van der Waals surface area contributed by atoms with Crippen LogP contribution in [0.5, 0.6) is 0 Å². The molecule has 0 bridgehead atoms. The highest BCUT2D eigenvalue weighted by atomic mass is 16.2. The number of hydrogen-bond donors (Lipinski definition) is 2. The fourth-order valence-corrected chi connectivity index (χ4v) is 3.34. The zero-order valence-electron chi connectivity index (χ0n) is 12.5. The molecule has 1 aliphatic heterocycles. The van der Waals surface area contributed by atoms with E-state index >= 15 is 0 Å². The molecule has 0 aromatic carbocycles. The van der Waals surface area contributed by atoms with Crippen molar-refractivity contribution >= 4 is 5.91 Å². The van der Waals surface area contributed by atoms with Crippen molar-refractivity contribution in [2.75, 3.05) is 19.6 Å². The number of carbonyl (C=O) groups is 1. The fourth-order valence-electron chi connectivity index (χ4n) is 3.34. The monoisotopic (exact) mass is 267 g/mol. The average molecular weight is 267 g/mol. The van der Waals surface area contributed by atoms with E-state index in [0.29, 0.717) is 12.1 Å². The van der Waals surface area contributed by atoms with Crippen LogP contribution in [0, 0.1) is 0 Å². The second-order valence-corrected chi connectivity index (χ2v) is 6.03. The highest BCUT2D eigenvalue weighted by Crippen LogP contribution is 2.18. The van der Waals surface area contributed by atoms with Gasteiger partial charge in [0.25, 0.3) is 0 Å². The first-order valence-corrected chi connectivity index (χ1v) is 7.98. The Labute approximate surface area is 117 Å². The minimum Gasteiger partial charge on any atom is -0.352 e. The van der Waals surface area contributed by atoms with Crippen molar-refractivity contribution in [3.8, 4) is 0 Å². The van der Waals surface area contributed by atoms with Crippen LogP contribution in [-0.2, 0) is 4.79 Å². The molecule has 4 nitrogen and oxygen atoms in total. The summed E-state index contributed by atoms with van der Waals surface area (Å²) >= 11 is 0. The van der Waals surface area contributed by atoms with Crippen molar-refractivity contribution in [1.29, 1.82) is 0 Å². The molecule has 0 aromatic rings. The van der Waals surface area contributed by atoms with Gasteiger partial charge in [0.15, 0.2) is 0 Å². The lowest BCUT2D eigenvalue weighted by Gasteiger charge is -2.36. The van der Waals surface area contributed by atoms with Crippen LogP contribution in [0.25, 0.3) is 0 Å². The number of nitrogens with zero attached hydrogens (tertiary/aromatic N) is 1. The highest BCUT2D eigenvalue weighted by Gasteiger charge is 2.27. The first-order valence-electron chi connectivity index (χ1n) is 7.98. The summed E-state index contributed by atoms with van der Waals surface area (Å²) < 4.78 is 0. The van der Waals surface area contributed by atoms with Gasteiger partial charge in [0, 0.05) is 25.2 Å². The Morgan fingerprint density at radius 2 is 1.79 bits per heavy atom. The van der Waals surface area contributed by atoms with E-state index in [0.717, 1.165) is 32.5 Å². The van der Waals surface area contributed by atoms with E-state index < -0.39 is 0 Å². The van der Waals surface area contributed by atoms with E-state index in [9.17, 15) is 4.79 Å². The normalized spacial score (nSPS) is 24.5. The standard InChI is InChI=1S/C15H29N3O/c1-3-16-13-8-10-18(11-9-13)12(2)15(19)17-14-6-4-5-7-14/h12-14,16H,3-11H2,1-2H3,(H,17,19). The van der Waals surface area contributed by atoms with Crippen LogP contribution in [0.3, 0.4) is 0 Å². The van der Waals surface area contributed by atoms with Crippen molar-refractivity contribution in [3.63, 3.8) is 0 Å². The summed E-state index contributed by atoms with van der Waals surface area (Å²) in [6.07, 6.45) is 7.20. The summed E-state index contributed by atoms with van der Waals surface area (Å²) in [5.41, 5.74) is 0. The molecule has 110 valence electrons. The van der Waals surface area contributed by atoms with Gasteiger partial charge in [-0.05, 0) is 39.2 Å². The maximum absolute atomic E-state index is 12.2. The Hall–Kier alpha value is -0.610. The molecule has 2 aliphatic rings. The van der Waals surface area contributed by atoms with Gasteiger partial charge in [-0.3, -0.25) is 9.69 Å². The van der Waals surface area contributed by atoms with Crippen molar-refractivity contribution in [3.05, 3.63) is 0 Å². The molecule has 1 amide bonds. The van der Waals surface area contributed by atoms with Gasteiger partial charge in [0.1, 0.15) is 0 Å². The van der Waals surface area contributed by atoms with Crippen LogP contribution in [0.4, 0.5) is 0 Å². The van der Waals surface area contributed by atoms with Crippen molar-refractivity contribution in [2.24, 2.45) is 0 Å². The Kier molecular flexibility index (Phi) is 5.64. The SMILES string of the molecule is CCNC1CCN(C(C)C(=O)NC2CCCC2)CC1. The lowest BCUT2D eigenvalue weighted by Crippen LogP contribution is -2.52. The molecular formula is C15H29N3O. The average Bonchev–Trinajstić information content (AvgIpc) is 2.92. The largest absolute Gasteiger partial charge is 0.352 e. The second kappa shape index (κ2) is 7.25. The Bertz CT molecular complexity index is 281. The van der Waals surface area contributed by atoms with Gasteiger partial charge in [-0.25, -0.2) is 0 Å². The topological polar surface area (TPSA) is 44.4 Å². The number of piperidine rings is 1. The number of rotatable bonds is 5. The van der Waals surface area contributed by atoms with Crippen molar-refractivity contribution in [1.82, 2.24) is 15.5 Å². The summed E-state index contributed by atoms with van der Waals surface area (Å²) in [6, 6.07) is 1.11. The number of nitrogens with one attached hydrogen (secondary N) is 2. The van der Waals surface area contributed by atoms with Gasteiger partial charge < -0.3 is 10.6 Å². The molecule has 1 heterocycles. The minimum absolute atomic E-state index is 0.0307. The van der Waals surface area contributed by atoms with Crippen LogP contribution in [0.1, 0.15) is 52.4 Å². The van der Waals surface area contributed by atoms with E-state index in [1.165, 1.54) is 25.7 Å². The van der Waals surface area contributed by atoms with Gasteiger partial charge in [-0.1, -0.05) is 19.8 Å². The molecule has 1 unspecified atom stereocenters. The minimum atomic E-state index is 0.0307. The molecule has 2 N–H and O–H groups in total. The van der Waals surface area contributed by atoms with E-state index in [1.807, 2.05) is 0 Å². The lowest BCUT2D eigenvalue weighted by atomic mass is 10.0. The van der Waals surface area contributed by atoms with Crippen LogP contribution < -0.4 is 10.6 Å². The zero-order valence-corrected chi connectivity index (χ0v) is 12.5. The number of carbonyl (C=O) groups excluding carboxylic acids is 1. The molecule has 0 radical (unpaired) electrons. The summed E-state index contributed by atoms with van der Waals surface area (Å²) in [5, 5.41) is 6.72. The molecular weight excluding hydrogens is 238 g/mol. The van der Waals surface area contributed by atoms with Crippen LogP contribution >= 0.6 is 0 Å². The van der Waals surface area contributed by atoms with E-state index in [1.54, 1.807) is 0 Å². The Balaban J connectivity index is 1.73. The van der Waals surface area contributed by atoms with Crippen molar-refractivity contribution in [2.45, 2.75) is 70.5 Å². The summed E-state index contributed by atoms with van der Waals surface area (Å²) in [4.78, 5) is 14.6. The smallest absolute Gasteiger partial charge is 0.237 e. The van der Waals surface area contributed by atoms with Crippen LogP contribution in [-0.4, -0.2) is 48.6 Å². The third-order valence-electron chi connectivity index (χ3n) is 4.65. The molecule has 1 aliphatic carbocycles. The maximum Gasteiger partial charge on any atom is 0.237 e. The third kappa shape index (κ3) is 4.18. The molecule has 0 aromatic heterocycles. The molecule has 0 spiro atoms. The maximum atomic E-state index is 12.2. The van der Waals surface area contributed by atoms with Crippen molar-refractivity contribution < 1.29 is 4.79 Å². The van der Waals surface area contributed by atoms with Gasteiger partial charge in [0.05, 0.1) is 6.04 Å². The first kappa shape index (κ1) is 14.8. The highest BCUT2D eigenvalue weighted by molar-refractivity contribution is 5.81. The molecule has 2 rings (SSSR count). The predicted octanol–water partition coefficient (Wildman–Crippen LogP) is 1.51. The van der Waals surface area contributed by atoms with E-state index in [2.05, 4.69) is 29.4 Å². The molecule has 19 heavy (non-hydrogen) atoms. The molecule has 1 saturated carbocycles. The van der Waals surface area contributed by atoms with Gasteiger partial charge in [0.2, 0.25) is 5.91 Å². The molecule has 1 atom stereocenters. The van der Waals surface area contributed by atoms with Gasteiger partial charge in [-0.15, -0.1) is 0 Å². The van der Waals surface area contributed by atoms with Gasteiger partial charge >= 0.3 is 0 Å². The third-order valence-corrected chi connectivity index (χ3v) is 4.65. The number of hydrogen-bond acceptors (Lipinski definition) is 3. The predicted molar refractivity (Wildman–Crippen MR) is 78.1 cm³/mol. The molecule has 4 heteroatoms. The van der Waals surface area contributed by atoms with Gasteiger partial charge in [-0.2, -0.15) is 0 Å². The summed E-state index contributed by atoms with van der Waals surface area (Å²) in [6.45, 7) is 7.33. The fraction of sp³-hybridized carbons (Fsp3) is 0.933. The molecule has 1 saturated heterocycles. The number of likely N-dealkylation sites (tertiary alicyclic amines) is 1. The Morgan fingerprint density at radius 1 is 1.16 bits per heavy atom. The Morgan fingerprint density at radius 3 is 2.37 bits per heavy atom. The molecule has 2 fully saturated rings. The zero-order chi connectivity index (χ0) is 13.7. The van der Waals surface area contributed by atoms with Crippen LogP contribution in [0.2, 0.25) is 0 Å². The summed E-state index contributed by atoms with van der Waals surface area (Å²) in [7, 11) is 0. The first-order chi connectivity index (χ1) is 9.20. The second-order valence-electron chi connectivity index (χ2n) is 6.03. The van der Waals surface area contributed by atoms with Crippen LogP contribution in [0.15, 0.2) is 0 Å². The van der Waals surface area contributed by atoms with E-state index in [-0.39, 0.29) is 11.9 Å². The summed E-state index contributed by atoms with van der Waals surface area (Å²) in [5.74, 6) is 0.230. The van der Waals surface area contributed by atoms with E-state index in [4.69, 9.17) is 0 Å². The quantitative estimate of drug-likeness (QED) is 0.793. The lowest BCUT2D eigenvalue weighted by molar-refractivity contribution is -0.127.